The van der Waals surface area contributed by atoms with E-state index in [-0.39, 0.29) is 11.7 Å². The zero-order valence-corrected chi connectivity index (χ0v) is 11.8. The lowest BCUT2D eigenvalue weighted by Crippen LogP contribution is -2.15. The van der Waals surface area contributed by atoms with Gasteiger partial charge in [-0.05, 0) is 52.3 Å². The monoisotopic (exact) mass is 334 g/mol. The minimum atomic E-state index is -0.325. The topological polar surface area (TPSA) is 101 Å². The van der Waals surface area contributed by atoms with Crippen LogP contribution in [-0.4, -0.2) is 21.9 Å². The first kappa shape index (κ1) is 14.0. The van der Waals surface area contributed by atoms with Gasteiger partial charge in [0, 0.05) is 21.9 Å². The molecule has 1 aromatic heterocycles. The fourth-order valence-corrected chi connectivity index (χ4v) is 1.96. The van der Waals surface area contributed by atoms with Gasteiger partial charge in [-0.25, -0.2) is 4.98 Å². The number of oxime groups is 1. The molecule has 0 unspecified atom stereocenters. The van der Waals surface area contributed by atoms with Gasteiger partial charge in [0.25, 0.3) is 5.91 Å². The van der Waals surface area contributed by atoms with Crippen molar-refractivity contribution in [2.45, 2.75) is 0 Å². The number of nitrogens with one attached hydrogen (secondary N) is 1. The number of nitrogens with two attached hydrogens (primary N) is 1. The normalized spacial score (nSPS) is 11.2. The molecule has 1 heterocycles. The Hall–Kier alpha value is -2.41. The van der Waals surface area contributed by atoms with Crippen LogP contribution in [0.25, 0.3) is 0 Å². The van der Waals surface area contributed by atoms with Crippen LogP contribution < -0.4 is 11.1 Å². The van der Waals surface area contributed by atoms with E-state index in [0.29, 0.717) is 21.4 Å². The number of benzene rings is 1. The molecule has 4 N–H and O–H groups in total. The predicted molar refractivity (Wildman–Crippen MR) is 78.8 cm³/mol. The standard InChI is InChI=1S/C13H11BrN4O2/c14-10-2-1-7-16-11(10)13(19)17-9-5-3-8(4-6-9)12(15)18-20/h1-7,20H,(H2,15,18)(H,17,19). The van der Waals surface area contributed by atoms with Crippen LogP contribution >= 0.6 is 15.9 Å². The molecule has 102 valence electrons. The minimum absolute atomic E-state index is 0.00958. The van der Waals surface area contributed by atoms with Gasteiger partial charge in [-0.1, -0.05) is 5.16 Å². The van der Waals surface area contributed by atoms with Crippen LogP contribution in [0.2, 0.25) is 0 Å². The Balaban J connectivity index is 2.15. The third kappa shape index (κ3) is 3.12. The molecule has 0 aliphatic carbocycles. The van der Waals surface area contributed by atoms with Crippen molar-refractivity contribution in [1.29, 1.82) is 0 Å². The number of aromatic nitrogens is 1. The van der Waals surface area contributed by atoms with Gasteiger partial charge < -0.3 is 16.3 Å². The first-order valence-electron chi connectivity index (χ1n) is 5.61. The molecule has 2 rings (SSSR count). The summed E-state index contributed by atoms with van der Waals surface area (Å²) in [4.78, 5) is 16.0. The molecular weight excluding hydrogens is 324 g/mol. The first-order valence-corrected chi connectivity index (χ1v) is 6.41. The van der Waals surface area contributed by atoms with E-state index in [1.807, 2.05) is 0 Å². The first-order chi connectivity index (χ1) is 9.61. The van der Waals surface area contributed by atoms with E-state index in [0.717, 1.165) is 0 Å². The van der Waals surface area contributed by atoms with Crippen molar-refractivity contribution in [2.75, 3.05) is 5.32 Å². The van der Waals surface area contributed by atoms with Crippen molar-refractivity contribution in [1.82, 2.24) is 4.98 Å². The molecular formula is C13H11BrN4O2. The highest BCUT2D eigenvalue weighted by Gasteiger charge is 2.11. The molecule has 0 fully saturated rings. The van der Waals surface area contributed by atoms with Gasteiger partial charge in [0.15, 0.2) is 5.84 Å². The summed E-state index contributed by atoms with van der Waals surface area (Å²) in [6, 6.07) is 10.1. The fourth-order valence-electron chi connectivity index (χ4n) is 1.53. The largest absolute Gasteiger partial charge is 0.409 e. The van der Waals surface area contributed by atoms with Gasteiger partial charge in [0.1, 0.15) is 5.69 Å². The van der Waals surface area contributed by atoms with E-state index in [2.05, 4.69) is 31.4 Å². The molecule has 2 aromatic rings. The molecule has 0 bridgehead atoms. The molecule has 20 heavy (non-hydrogen) atoms. The van der Waals surface area contributed by atoms with Crippen LogP contribution in [0.4, 0.5) is 5.69 Å². The average molecular weight is 335 g/mol. The summed E-state index contributed by atoms with van der Waals surface area (Å²) in [5.74, 6) is -0.315. The van der Waals surface area contributed by atoms with Crippen molar-refractivity contribution >= 4 is 33.4 Å². The second-order valence-electron chi connectivity index (χ2n) is 3.85. The maximum absolute atomic E-state index is 12.0. The summed E-state index contributed by atoms with van der Waals surface area (Å²) in [5, 5.41) is 14.2. The molecule has 1 aromatic carbocycles. The molecule has 7 heteroatoms. The van der Waals surface area contributed by atoms with E-state index in [1.54, 1.807) is 42.6 Å². The lowest BCUT2D eigenvalue weighted by Gasteiger charge is -2.06. The Morgan fingerprint density at radius 2 is 2.00 bits per heavy atom. The van der Waals surface area contributed by atoms with Crippen molar-refractivity contribution < 1.29 is 10.0 Å². The average Bonchev–Trinajstić information content (AvgIpc) is 2.47. The molecule has 0 radical (unpaired) electrons. The zero-order valence-electron chi connectivity index (χ0n) is 10.2. The van der Waals surface area contributed by atoms with Crippen molar-refractivity contribution in [3.8, 4) is 0 Å². The highest BCUT2D eigenvalue weighted by molar-refractivity contribution is 9.10. The maximum atomic E-state index is 12.0. The Morgan fingerprint density at radius 1 is 1.30 bits per heavy atom. The number of hydrogen-bond acceptors (Lipinski definition) is 4. The van der Waals surface area contributed by atoms with E-state index < -0.39 is 0 Å². The summed E-state index contributed by atoms with van der Waals surface area (Å²) >= 11 is 3.27. The van der Waals surface area contributed by atoms with Gasteiger partial charge >= 0.3 is 0 Å². The Morgan fingerprint density at radius 3 is 2.60 bits per heavy atom. The van der Waals surface area contributed by atoms with E-state index in [1.165, 1.54) is 0 Å². The summed E-state index contributed by atoms with van der Waals surface area (Å²) in [7, 11) is 0. The van der Waals surface area contributed by atoms with Gasteiger partial charge in [0.2, 0.25) is 0 Å². The number of anilines is 1. The lowest BCUT2D eigenvalue weighted by atomic mass is 10.2. The van der Waals surface area contributed by atoms with E-state index in [9.17, 15) is 4.79 Å². The number of carbonyl (C=O) groups excluding carboxylic acids is 1. The van der Waals surface area contributed by atoms with E-state index >= 15 is 0 Å². The third-order valence-corrected chi connectivity index (χ3v) is 3.16. The highest BCUT2D eigenvalue weighted by Crippen LogP contribution is 2.16. The number of pyridine rings is 1. The molecule has 0 saturated carbocycles. The number of hydrogen-bond donors (Lipinski definition) is 3. The van der Waals surface area contributed by atoms with Crippen LogP contribution in [0, 0.1) is 0 Å². The highest BCUT2D eigenvalue weighted by atomic mass is 79.9. The lowest BCUT2D eigenvalue weighted by molar-refractivity contribution is 0.102. The third-order valence-electron chi connectivity index (χ3n) is 2.52. The number of amidine groups is 1. The summed E-state index contributed by atoms with van der Waals surface area (Å²) in [5.41, 5.74) is 6.90. The number of halogens is 1. The smallest absolute Gasteiger partial charge is 0.275 e. The zero-order chi connectivity index (χ0) is 14.5. The molecule has 1 amide bonds. The summed E-state index contributed by atoms with van der Waals surface area (Å²) in [6.07, 6.45) is 1.54. The maximum Gasteiger partial charge on any atom is 0.275 e. The minimum Gasteiger partial charge on any atom is -0.409 e. The molecule has 0 aliphatic rings. The van der Waals surface area contributed by atoms with Crippen molar-refractivity contribution in [2.24, 2.45) is 10.9 Å². The molecule has 0 spiro atoms. The van der Waals surface area contributed by atoms with Crippen molar-refractivity contribution in [3.05, 3.63) is 58.3 Å². The second-order valence-corrected chi connectivity index (χ2v) is 4.70. The van der Waals surface area contributed by atoms with Crippen LogP contribution in [0.15, 0.2) is 52.2 Å². The molecule has 6 nitrogen and oxygen atoms in total. The van der Waals surface area contributed by atoms with Crippen LogP contribution in [-0.2, 0) is 0 Å². The quantitative estimate of drug-likeness (QED) is 0.346. The van der Waals surface area contributed by atoms with Gasteiger partial charge in [-0.15, -0.1) is 0 Å². The number of nitrogens with zero attached hydrogens (tertiary/aromatic N) is 2. The van der Waals surface area contributed by atoms with Gasteiger partial charge in [0.05, 0.1) is 0 Å². The Bertz CT molecular complexity index is 656. The number of amides is 1. The van der Waals surface area contributed by atoms with Crippen LogP contribution in [0.3, 0.4) is 0 Å². The molecule has 0 atom stereocenters. The Kier molecular flexibility index (Phi) is 4.31. The summed E-state index contributed by atoms with van der Waals surface area (Å²) < 4.78 is 0.616. The van der Waals surface area contributed by atoms with Gasteiger partial charge in [-0.2, -0.15) is 0 Å². The van der Waals surface area contributed by atoms with Crippen LogP contribution in [0.1, 0.15) is 16.1 Å². The fraction of sp³-hybridized carbons (Fsp3) is 0. The number of rotatable bonds is 3. The predicted octanol–water partition coefficient (Wildman–Crippen LogP) is 2.19. The molecule has 0 aliphatic heterocycles. The molecule has 0 saturated heterocycles. The van der Waals surface area contributed by atoms with E-state index in [4.69, 9.17) is 10.9 Å². The van der Waals surface area contributed by atoms with Crippen molar-refractivity contribution in [3.63, 3.8) is 0 Å². The Labute approximate surface area is 123 Å². The SMILES string of the molecule is N/C(=N/O)c1ccc(NC(=O)c2ncccc2Br)cc1. The van der Waals surface area contributed by atoms with Gasteiger partial charge in [-0.3, -0.25) is 4.79 Å². The second kappa shape index (κ2) is 6.16. The number of carbonyl (C=O) groups is 1. The summed E-state index contributed by atoms with van der Waals surface area (Å²) in [6.45, 7) is 0. The van der Waals surface area contributed by atoms with Crippen LogP contribution in [0.5, 0.6) is 0 Å².